The molecule has 19 heavy (non-hydrogen) atoms. The fourth-order valence-corrected chi connectivity index (χ4v) is 2.69. The first-order valence-electron chi connectivity index (χ1n) is 7.25. The maximum absolute atomic E-state index is 11.7. The van der Waals surface area contributed by atoms with Gasteiger partial charge in [-0.15, -0.1) is 0 Å². The van der Waals surface area contributed by atoms with E-state index in [1.165, 1.54) is 20.1 Å². The van der Waals surface area contributed by atoms with Gasteiger partial charge >= 0.3 is 5.97 Å². The van der Waals surface area contributed by atoms with Crippen LogP contribution in [0.1, 0.15) is 19.8 Å². The molecule has 2 unspecified atom stereocenters. The topological polar surface area (TPSA) is 44.8 Å². The molecule has 1 saturated heterocycles. The van der Waals surface area contributed by atoms with E-state index in [1.807, 2.05) is 0 Å². The number of ether oxygens (including phenoxy) is 1. The van der Waals surface area contributed by atoms with Gasteiger partial charge in [0, 0.05) is 19.6 Å². The molecule has 0 aromatic carbocycles. The summed E-state index contributed by atoms with van der Waals surface area (Å²) in [5, 5.41) is 3.26. The van der Waals surface area contributed by atoms with Crippen molar-refractivity contribution in [3.8, 4) is 0 Å². The molecule has 0 aliphatic carbocycles. The van der Waals surface area contributed by atoms with E-state index in [0.29, 0.717) is 6.54 Å². The van der Waals surface area contributed by atoms with Gasteiger partial charge in [-0.25, -0.2) is 0 Å². The van der Waals surface area contributed by atoms with E-state index >= 15 is 0 Å². The summed E-state index contributed by atoms with van der Waals surface area (Å²) < 4.78 is 4.86. The minimum atomic E-state index is -0.214. The van der Waals surface area contributed by atoms with Crippen molar-refractivity contribution in [2.24, 2.45) is 5.92 Å². The molecule has 1 fully saturated rings. The average Bonchev–Trinajstić information content (AvgIpc) is 2.78. The van der Waals surface area contributed by atoms with Crippen molar-refractivity contribution in [2.45, 2.75) is 25.8 Å². The zero-order valence-electron chi connectivity index (χ0n) is 12.8. The molecule has 0 saturated carbocycles. The number of likely N-dealkylation sites (tertiary alicyclic amines) is 1. The summed E-state index contributed by atoms with van der Waals surface area (Å²) in [6.07, 6.45) is 2.27. The van der Waals surface area contributed by atoms with E-state index in [-0.39, 0.29) is 12.0 Å². The summed E-state index contributed by atoms with van der Waals surface area (Å²) in [5.41, 5.74) is 0. The number of hydrogen-bond donors (Lipinski definition) is 1. The molecule has 0 amide bonds. The summed E-state index contributed by atoms with van der Waals surface area (Å²) in [7, 11) is 5.71. The zero-order valence-corrected chi connectivity index (χ0v) is 12.8. The third-order valence-corrected chi connectivity index (χ3v) is 3.68. The predicted octanol–water partition coefficient (Wildman–Crippen LogP) is 0.411. The molecule has 1 aliphatic heterocycles. The van der Waals surface area contributed by atoms with Crippen LogP contribution in [0.3, 0.4) is 0 Å². The summed E-state index contributed by atoms with van der Waals surface area (Å²) in [4.78, 5) is 16.3. The summed E-state index contributed by atoms with van der Waals surface area (Å²) in [5.74, 6) is 0.559. The predicted molar refractivity (Wildman–Crippen MR) is 77.2 cm³/mol. The van der Waals surface area contributed by atoms with Crippen molar-refractivity contribution in [2.75, 3.05) is 53.9 Å². The van der Waals surface area contributed by atoms with Crippen LogP contribution in [0, 0.1) is 5.92 Å². The van der Waals surface area contributed by atoms with Gasteiger partial charge in [0.05, 0.1) is 7.11 Å². The van der Waals surface area contributed by atoms with Crippen molar-refractivity contribution in [1.82, 2.24) is 15.1 Å². The lowest BCUT2D eigenvalue weighted by atomic mass is 10.1. The van der Waals surface area contributed by atoms with Gasteiger partial charge in [0.2, 0.25) is 0 Å². The molecule has 5 nitrogen and oxygen atoms in total. The lowest BCUT2D eigenvalue weighted by molar-refractivity contribution is -0.143. The standard InChI is InChI=1S/C14H29N3O2/c1-5-7-15-13(14(18)19-4)11-17(3)10-12-6-8-16(2)9-12/h12-13,15H,5-11H2,1-4H3. The number of likely N-dealkylation sites (N-methyl/N-ethyl adjacent to an activating group) is 1. The first kappa shape index (κ1) is 16.4. The monoisotopic (exact) mass is 271 g/mol. The maximum Gasteiger partial charge on any atom is 0.324 e. The van der Waals surface area contributed by atoms with Gasteiger partial charge in [0.15, 0.2) is 0 Å². The van der Waals surface area contributed by atoms with Crippen molar-refractivity contribution in [3.63, 3.8) is 0 Å². The Kier molecular flexibility index (Phi) is 7.34. The van der Waals surface area contributed by atoms with E-state index in [4.69, 9.17) is 4.74 Å². The van der Waals surface area contributed by atoms with Crippen LogP contribution in [0.15, 0.2) is 0 Å². The van der Waals surface area contributed by atoms with Gasteiger partial charge in [-0.05, 0) is 45.9 Å². The molecule has 1 aliphatic rings. The third-order valence-electron chi connectivity index (χ3n) is 3.68. The van der Waals surface area contributed by atoms with Crippen LogP contribution < -0.4 is 5.32 Å². The fraction of sp³-hybridized carbons (Fsp3) is 0.929. The highest BCUT2D eigenvalue weighted by molar-refractivity contribution is 5.75. The second kappa shape index (κ2) is 8.51. The molecule has 0 bridgehead atoms. The Hall–Kier alpha value is -0.650. The number of rotatable bonds is 8. The largest absolute Gasteiger partial charge is 0.468 e. The van der Waals surface area contributed by atoms with Crippen LogP contribution >= 0.6 is 0 Å². The summed E-state index contributed by atoms with van der Waals surface area (Å²) in [6, 6.07) is -0.214. The molecule has 2 atom stereocenters. The van der Waals surface area contributed by atoms with Crippen molar-refractivity contribution in [1.29, 1.82) is 0 Å². The molecule has 5 heteroatoms. The molecule has 112 valence electrons. The zero-order chi connectivity index (χ0) is 14.3. The third kappa shape index (κ3) is 5.89. The fourth-order valence-electron chi connectivity index (χ4n) is 2.69. The van der Waals surface area contributed by atoms with E-state index in [9.17, 15) is 4.79 Å². The summed E-state index contributed by atoms with van der Waals surface area (Å²) in [6.45, 7) is 7.06. The number of nitrogens with one attached hydrogen (secondary N) is 1. The maximum atomic E-state index is 11.7. The molecule has 0 spiro atoms. The lowest BCUT2D eigenvalue weighted by Gasteiger charge is -2.25. The number of nitrogens with zero attached hydrogens (tertiary/aromatic N) is 2. The highest BCUT2D eigenvalue weighted by Crippen LogP contribution is 2.15. The van der Waals surface area contributed by atoms with E-state index in [2.05, 4.69) is 36.1 Å². The van der Waals surface area contributed by atoms with Crippen LogP contribution in [0.5, 0.6) is 0 Å². The normalized spacial score (nSPS) is 21.8. The molecule has 1 heterocycles. The van der Waals surface area contributed by atoms with Gasteiger partial charge in [-0.3, -0.25) is 4.79 Å². The second-order valence-corrected chi connectivity index (χ2v) is 5.67. The first-order valence-corrected chi connectivity index (χ1v) is 7.25. The minimum absolute atomic E-state index is 0.163. The molecule has 1 rings (SSSR count). The van der Waals surface area contributed by atoms with Crippen LogP contribution in [0.2, 0.25) is 0 Å². The van der Waals surface area contributed by atoms with Gasteiger partial charge in [0.1, 0.15) is 6.04 Å². The van der Waals surface area contributed by atoms with Gasteiger partial charge < -0.3 is 19.9 Å². The van der Waals surface area contributed by atoms with E-state index in [1.54, 1.807) is 0 Å². The highest BCUT2D eigenvalue weighted by atomic mass is 16.5. The Morgan fingerprint density at radius 3 is 2.84 bits per heavy atom. The van der Waals surface area contributed by atoms with Crippen LogP contribution in [0.4, 0.5) is 0 Å². The number of esters is 1. The Morgan fingerprint density at radius 2 is 2.32 bits per heavy atom. The molecule has 1 N–H and O–H groups in total. The second-order valence-electron chi connectivity index (χ2n) is 5.67. The smallest absolute Gasteiger partial charge is 0.324 e. The SMILES string of the molecule is CCCNC(CN(C)CC1CCN(C)C1)C(=O)OC. The number of carbonyl (C=O) groups is 1. The molecular formula is C14H29N3O2. The molecule has 0 aromatic heterocycles. The summed E-state index contributed by atoms with van der Waals surface area (Å²) >= 11 is 0. The Balaban J connectivity index is 2.37. The van der Waals surface area contributed by atoms with E-state index in [0.717, 1.165) is 32.0 Å². The van der Waals surface area contributed by atoms with Crippen molar-refractivity contribution in [3.05, 3.63) is 0 Å². The Bertz CT molecular complexity index is 273. The first-order chi connectivity index (χ1) is 9.06. The van der Waals surface area contributed by atoms with Gasteiger partial charge in [-0.1, -0.05) is 6.92 Å². The van der Waals surface area contributed by atoms with Crippen molar-refractivity contribution < 1.29 is 9.53 Å². The van der Waals surface area contributed by atoms with Crippen LogP contribution in [-0.4, -0.2) is 75.7 Å². The Morgan fingerprint density at radius 1 is 1.58 bits per heavy atom. The van der Waals surface area contributed by atoms with Gasteiger partial charge in [0.25, 0.3) is 0 Å². The van der Waals surface area contributed by atoms with Crippen LogP contribution in [0.25, 0.3) is 0 Å². The minimum Gasteiger partial charge on any atom is -0.468 e. The van der Waals surface area contributed by atoms with Gasteiger partial charge in [-0.2, -0.15) is 0 Å². The molecule has 0 radical (unpaired) electrons. The lowest BCUT2D eigenvalue weighted by Crippen LogP contribution is -2.47. The van der Waals surface area contributed by atoms with Crippen LogP contribution in [-0.2, 0) is 9.53 Å². The average molecular weight is 271 g/mol. The number of hydrogen-bond acceptors (Lipinski definition) is 5. The van der Waals surface area contributed by atoms with Crippen molar-refractivity contribution >= 4 is 5.97 Å². The van der Waals surface area contributed by atoms with E-state index < -0.39 is 0 Å². The number of methoxy groups -OCH3 is 1. The molecular weight excluding hydrogens is 242 g/mol. The quantitative estimate of drug-likeness (QED) is 0.648. The number of carbonyl (C=O) groups excluding carboxylic acids is 1. The highest BCUT2D eigenvalue weighted by Gasteiger charge is 2.24. The molecule has 0 aromatic rings. The Labute approximate surface area is 117 Å².